The molecule has 1 aromatic rings. The average molecular weight is 518 g/mol. The van der Waals surface area contributed by atoms with Gasteiger partial charge in [0.15, 0.2) is 0 Å². The zero-order valence-corrected chi connectivity index (χ0v) is 24.2. The summed E-state index contributed by atoms with van der Waals surface area (Å²) in [7, 11) is 1.00. The van der Waals surface area contributed by atoms with E-state index in [0.29, 0.717) is 23.7 Å². The van der Waals surface area contributed by atoms with Crippen LogP contribution in [0.25, 0.3) is 12.2 Å². The number of nitrogens with zero attached hydrogens (tertiary/aromatic N) is 1. The number of aliphatic hydroxyl groups is 2. The lowest BCUT2D eigenvalue weighted by Gasteiger charge is -2.53. The van der Waals surface area contributed by atoms with Gasteiger partial charge in [-0.1, -0.05) is 61.6 Å². The van der Waals surface area contributed by atoms with Crippen molar-refractivity contribution in [1.82, 2.24) is 4.90 Å². The molecule has 3 saturated carbocycles. The Balaban J connectivity index is 0.00000144. The van der Waals surface area contributed by atoms with Crippen molar-refractivity contribution in [2.45, 2.75) is 102 Å². The van der Waals surface area contributed by atoms with Crippen molar-refractivity contribution in [2.75, 3.05) is 20.2 Å². The number of fused-ring (bicyclic) bond motifs is 4. The van der Waals surface area contributed by atoms with Crippen molar-refractivity contribution < 1.29 is 10.2 Å². The molecule has 5 aliphatic rings. The van der Waals surface area contributed by atoms with E-state index in [1.54, 1.807) is 5.57 Å². The first kappa shape index (κ1) is 27.9. The number of hydrogen-bond acceptors (Lipinski definition) is 3. The molecule has 6 rings (SSSR count). The molecule has 208 valence electrons. The number of benzene rings is 1. The standard InChI is InChI=1S/C34H47NO.CH4O/c1-4-8-25-9-10-28(21-24(25)5-2)31-13-14-32-33(31,3)17-16-29-22-26-11-12-30(35-19-6-7-20-35)23-27(26)15-18-34(29,32)36;1-2/h4-5,8-10,21-22,27,29-32,36H,2,6-7,11-20,23H2,1,3H3;2H,1H3/b8-4-;/t27?,29?,30-,31?,32?,33?,34-;/m1./s1. The molecule has 0 radical (unpaired) electrons. The highest BCUT2D eigenvalue weighted by Gasteiger charge is 2.60. The Morgan fingerprint density at radius 1 is 1.00 bits per heavy atom. The fourth-order valence-electron chi connectivity index (χ4n) is 9.59. The quantitative estimate of drug-likeness (QED) is 0.404. The molecule has 1 heterocycles. The maximum atomic E-state index is 12.5. The van der Waals surface area contributed by atoms with Crippen molar-refractivity contribution in [3.63, 3.8) is 0 Å². The average Bonchev–Trinajstić information content (AvgIpc) is 3.57. The van der Waals surface area contributed by atoms with Crippen LogP contribution in [-0.2, 0) is 0 Å². The lowest BCUT2D eigenvalue weighted by Crippen LogP contribution is -2.53. The minimum absolute atomic E-state index is 0.178. The molecule has 4 fully saturated rings. The monoisotopic (exact) mass is 517 g/mol. The second-order valence-electron chi connectivity index (χ2n) is 13.1. The predicted molar refractivity (Wildman–Crippen MR) is 160 cm³/mol. The van der Waals surface area contributed by atoms with Crippen LogP contribution in [-0.4, -0.2) is 47.0 Å². The van der Waals surface area contributed by atoms with E-state index in [1.165, 1.54) is 87.6 Å². The largest absolute Gasteiger partial charge is 0.400 e. The summed E-state index contributed by atoms with van der Waals surface area (Å²) >= 11 is 0. The second-order valence-corrected chi connectivity index (χ2v) is 13.1. The predicted octanol–water partition coefficient (Wildman–Crippen LogP) is 7.60. The topological polar surface area (TPSA) is 43.7 Å². The van der Waals surface area contributed by atoms with Gasteiger partial charge in [0, 0.05) is 19.1 Å². The van der Waals surface area contributed by atoms with Gasteiger partial charge in [0.1, 0.15) is 0 Å². The van der Waals surface area contributed by atoms with E-state index in [1.807, 2.05) is 6.08 Å². The summed E-state index contributed by atoms with van der Waals surface area (Å²) in [4.78, 5) is 2.78. The van der Waals surface area contributed by atoms with Gasteiger partial charge < -0.3 is 15.1 Å². The van der Waals surface area contributed by atoms with E-state index in [-0.39, 0.29) is 5.41 Å². The molecule has 5 unspecified atom stereocenters. The van der Waals surface area contributed by atoms with Crippen molar-refractivity contribution in [3.8, 4) is 0 Å². The zero-order chi connectivity index (χ0) is 26.9. The van der Waals surface area contributed by atoms with Gasteiger partial charge in [0.2, 0.25) is 0 Å². The van der Waals surface area contributed by atoms with Crippen molar-refractivity contribution in [3.05, 3.63) is 59.2 Å². The van der Waals surface area contributed by atoms with Crippen LogP contribution in [0, 0.1) is 23.2 Å². The van der Waals surface area contributed by atoms with Crippen LogP contribution in [0.5, 0.6) is 0 Å². The fraction of sp³-hybridized carbons (Fsp3) is 0.657. The lowest BCUT2D eigenvalue weighted by atomic mass is 9.54. The second kappa shape index (κ2) is 11.4. The Labute approximate surface area is 231 Å². The SMILES string of the molecule is C=Cc1cc(C2CCC3C2(C)CCC2C=C4CC[C@@H](N5CCCC5)CC4CC[C@@]23O)ccc1/C=C\C.CO. The summed E-state index contributed by atoms with van der Waals surface area (Å²) in [6.45, 7) is 11.3. The summed E-state index contributed by atoms with van der Waals surface area (Å²) < 4.78 is 0. The third kappa shape index (κ3) is 4.78. The van der Waals surface area contributed by atoms with E-state index >= 15 is 0 Å². The normalized spacial score (nSPS) is 38.9. The highest BCUT2D eigenvalue weighted by Crippen LogP contribution is 2.65. The summed E-state index contributed by atoms with van der Waals surface area (Å²) in [5, 5.41) is 19.5. The Morgan fingerprint density at radius 3 is 2.53 bits per heavy atom. The molecule has 0 spiro atoms. The smallest absolute Gasteiger partial charge is 0.0743 e. The van der Waals surface area contributed by atoms with Gasteiger partial charge in [-0.05, 0) is 131 Å². The van der Waals surface area contributed by atoms with Crippen LogP contribution in [0.3, 0.4) is 0 Å². The Bertz CT molecular complexity index is 1050. The Hall–Kier alpha value is -1.68. The van der Waals surface area contributed by atoms with Gasteiger partial charge in [-0.3, -0.25) is 0 Å². The van der Waals surface area contributed by atoms with E-state index < -0.39 is 5.60 Å². The van der Waals surface area contributed by atoms with E-state index in [2.05, 4.69) is 61.8 Å². The first-order valence-electron chi connectivity index (χ1n) is 15.5. The minimum Gasteiger partial charge on any atom is -0.400 e. The molecule has 3 nitrogen and oxygen atoms in total. The molecule has 1 aliphatic heterocycles. The summed E-state index contributed by atoms with van der Waals surface area (Å²) in [5.41, 5.74) is 5.31. The summed E-state index contributed by atoms with van der Waals surface area (Å²) in [6.07, 6.45) is 22.6. The first-order chi connectivity index (χ1) is 18.5. The molecule has 2 N–H and O–H groups in total. The minimum atomic E-state index is -0.526. The van der Waals surface area contributed by atoms with Gasteiger partial charge in [-0.15, -0.1) is 0 Å². The molecule has 0 bridgehead atoms. The van der Waals surface area contributed by atoms with E-state index in [4.69, 9.17) is 5.11 Å². The molecule has 0 aromatic heterocycles. The highest BCUT2D eigenvalue weighted by atomic mass is 16.3. The van der Waals surface area contributed by atoms with Gasteiger partial charge in [-0.25, -0.2) is 0 Å². The highest BCUT2D eigenvalue weighted by molar-refractivity contribution is 5.65. The number of aliphatic hydroxyl groups excluding tert-OH is 1. The van der Waals surface area contributed by atoms with Gasteiger partial charge in [-0.2, -0.15) is 0 Å². The van der Waals surface area contributed by atoms with Crippen molar-refractivity contribution in [1.29, 1.82) is 0 Å². The number of likely N-dealkylation sites (tertiary alicyclic amines) is 1. The van der Waals surface area contributed by atoms with Crippen LogP contribution in [0.15, 0.2) is 42.5 Å². The molecular formula is C35H51NO2. The molecular weight excluding hydrogens is 466 g/mol. The van der Waals surface area contributed by atoms with Crippen LogP contribution < -0.4 is 0 Å². The van der Waals surface area contributed by atoms with Crippen molar-refractivity contribution >= 4 is 12.2 Å². The third-order valence-electron chi connectivity index (χ3n) is 11.5. The number of rotatable bonds is 4. The van der Waals surface area contributed by atoms with Crippen molar-refractivity contribution in [2.24, 2.45) is 23.2 Å². The van der Waals surface area contributed by atoms with Crippen LogP contribution in [0.2, 0.25) is 0 Å². The molecule has 1 saturated heterocycles. The van der Waals surface area contributed by atoms with Crippen LogP contribution in [0.4, 0.5) is 0 Å². The molecule has 38 heavy (non-hydrogen) atoms. The third-order valence-corrected chi connectivity index (χ3v) is 11.5. The van der Waals surface area contributed by atoms with Crippen LogP contribution in [0.1, 0.15) is 107 Å². The summed E-state index contributed by atoms with van der Waals surface area (Å²) in [5.74, 6) is 2.00. The molecule has 0 amide bonds. The number of allylic oxidation sites excluding steroid dienone is 2. The zero-order valence-electron chi connectivity index (χ0n) is 24.2. The van der Waals surface area contributed by atoms with E-state index in [9.17, 15) is 5.11 Å². The lowest BCUT2D eigenvalue weighted by molar-refractivity contribution is -0.130. The first-order valence-corrected chi connectivity index (χ1v) is 15.5. The number of hydrogen-bond donors (Lipinski definition) is 2. The fourth-order valence-corrected chi connectivity index (χ4v) is 9.59. The van der Waals surface area contributed by atoms with Crippen LogP contribution >= 0.6 is 0 Å². The van der Waals surface area contributed by atoms with Gasteiger partial charge >= 0.3 is 0 Å². The molecule has 7 atom stereocenters. The summed E-state index contributed by atoms with van der Waals surface area (Å²) in [6, 6.07) is 7.81. The maximum Gasteiger partial charge on any atom is 0.0743 e. The molecule has 1 aromatic carbocycles. The van der Waals surface area contributed by atoms with Gasteiger partial charge in [0.25, 0.3) is 0 Å². The maximum absolute atomic E-state index is 12.5. The molecule has 4 aliphatic carbocycles. The van der Waals surface area contributed by atoms with E-state index in [0.717, 1.165) is 26.0 Å². The molecule has 3 heteroatoms. The Kier molecular flexibility index (Phi) is 8.39. The Morgan fingerprint density at radius 2 is 1.79 bits per heavy atom. The van der Waals surface area contributed by atoms with Gasteiger partial charge in [0.05, 0.1) is 5.60 Å².